The molecule has 1 aliphatic rings. The summed E-state index contributed by atoms with van der Waals surface area (Å²) in [7, 11) is 2.12. The molecule has 1 aliphatic heterocycles. The van der Waals surface area contributed by atoms with Crippen molar-refractivity contribution < 1.29 is 4.79 Å². The lowest BCUT2D eigenvalue weighted by atomic mass is 10.1. The van der Waals surface area contributed by atoms with Gasteiger partial charge in [0.25, 0.3) is 5.91 Å². The van der Waals surface area contributed by atoms with Gasteiger partial charge in [-0.1, -0.05) is 6.92 Å². The first-order valence-electron chi connectivity index (χ1n) is 6.98. The minimum atomic E-state index is 0.106. The summed E-state index contributed by atoms with van der Waals surface area (Å²) in [5.41, 5.74) is 1.82. The Morgan fingerprint density at radius 3 is 2.53 bits per heavy atom. The molecule has 2 rings (SSSR count). The van der Waals surface area contributed by atoms with E-state index in [-0.39, 0.29) is 5.91 Å². The Labute approximate surface area is 115 Å². The maximum atomic E-state index is 12.5. The normalized spacial score (nSPS) is 24.5. The van der Waals surface area contributed by atoms with E-state index in [2.05, 4.69) is 37.7 Å². The molecule has 1 aromatic heterocycles. The third-order valence-corrected chi connectivity index (χ3v) is 4.10. The van der Waals surface area contributed by atoms with Crippen molar-refractivity contribution in [1.82, 2.24) is 14.8 Å². The molecule has 0 spiro atoms. The van der Waals surface area contributed by atoms with Gasteiger partial charge in [0, 0.05) is 37.6 Å². The molecule has 0 N–H and O–H groups in total. The molecule has 0 aromatic carbocycles. The van der Waals surface area contributed by atoms with Crippen LogP contribution in [0.25, 0.3) is 0 Å². The molecule has 2 heterocycles. The van der Waals surface area contributed by atoms with Crippen LogP contribution in [0.3, 0.4) is 0 Å². The van der Waals surface area contributed by atoms with E-state index >= 15 is 0 Å². The summed E-state index contributed by atoms with van der Waals surface area (Å²) in [4.78, 5) is 21.0. The van der Waals surface area contributed by atoms with Crippen LogP contribution >= 0.6 is 0 Å². The second-order valence-electron chi connectivity index (χ2n) is 5.51. The van der Waals surface area contributed by atoms with Gasteiger partial charge in [-0.15, -0.1) is 0 Å². The van der Waals surface area contributed by atoms with Gasteiger partial charge in [-0.05, 0) is 38.9 Å². The van der Waals surface area contributed by atoms with E-state index in [1.807, 2.05) is 17.2 Å². The number of amides is 1. The number of carbonyl (C=O) groups excluding carboxylic acids is 1. The van der Waals surface area contributed by atoms with Crippen LogP contribution in [-0.4, -0.2) is 52.9 Å². The lowest BCUT2D eigenvalue weighted by Crippen LogP contribution is -2.56. The summed E-state index contributed by atoms with van der Waals surface area (Å²) < 4.78 is 0. The van der Waals surface area contributed by atoms with Gasteiger partial charge < -0.3 is 4.90 Å². The van der Waals surface area contributed by atoms with E-state index in [9.17, 15) is 4.79 Å². The Balaban J connectivity index is 2.15. The minimum Gasteiger partial charge on any atom is -0.335 e. The van der Waals surface area contributed by atoms with E-state index in [1.165, 1.54) is 0 Å². The standard InChI is InChI=1S/C15H23N3O/c1-5-13-6-14(8-16-7-13)15(19)18-9-11(2)17(4)12(3)10-18/h6-8,11-12H,5,9-10H2,1-4H3/t11-,12+. The molecule has 4 nitrogen and oxygen atoms in total. The SMILES string of the molecule is CCc1cncc(C(=O)N2C[C@@H](C)N(C)[C@@H](C)C2)c1. The van der Waals surface area contributed by atoms with Crippen molar-refractivity contribution in [3.63, 3.8) is 0 Å². The van der Waals surface area contributed by atoms with Gasteiger partial charge in [-0.25, -0.2) is 0 Å². The van der Waals surface area contributed by atoms with Crippen molar-refractivity contribution in [1.29, 1.82) is 0 Å². The van der Waals surface area contributed by atoms with Crippen LogP contribution in [0.5, 0.6) is 0 Å². The number of aromatic nitrogens is 1. The molecule has 104 valence electrons. The number of hydrogen-bond donors (Lipinski definition) is 0. The first-order valence-corrected chi connectivity index (χ1v) is 6.98. The van der Waals surface area contributed by atoms with Crippen molar-refractivity contribution in [3.8, 4) is 0 Å². The average Bonchev–Trinajstić information content (AvgIpc) is 2.43. The van der Waals surface area contributed by atoms with Gasteiger partial charge in [-0.3, -0.25) is 14.7 Å². The van der Waals surface area contributed by atoms with Crippen LogP contribution in [0.4, 0.5) is 0 Å². The molecular formula is C15H23N3O. The summed E-state index contributed by atoms with van der Waals surface area (Å²) in [5.74, 6) is 0.106. The number of aryl methyl sites for hydroxylation is 1. The van der Waals surface area contributed by atoms with Crippen molar-refractivity contribution in [2.45, 2.75) is 39.3 Å². The number of carbonyl (C=O) groups is 1. The zero-order valence-electron chi connectivity index (χ0n) is 12.3. The molecule has 1 amide bonds. The molecule has 2 atom stereocenters. The Hall–Kier alpha value is -1.42. The van der Waals surface area contributed by atoms with E-state index in [1.54, 1.807) is 6.20 Å². The van der Waals surface area contributed by atoms with Gasteiger partial charge in [-0.2, -0.15) is 0 Å². The average molecular weight is 261 g/mol. The Morgan fingerprint density at radius 2 is 1.95 bits per heavy atom. The summed E-state index contributed by atoms with van der Waals surface area (Å²) in [6.07, 6.45) is 4.41. The fourth-order valence-electron chi connectivity index (χ4n) is 2.55. The molecule has 0 aliphatic carbocycles. The maximum Gasteiger partial charge on any atom is 0.255 e. The van der Waals surface area contributed by atoms with Crippen molar-refractivity contribution in [3.05, 3.63) is 29.6 Å². The number of hydrogen-bond acceptors (Lipinski definition) is 3. The molecule has 0 saturated carbocycles. The molecule has 1 aromatic rings. The monoisotopic (exact) mass is 261 g/mol. The quantitative estimate of drug-likeness (QED) is 0.814. The highest BCUT2D eigenvalue weighted by molar-refractivity contribution is 5.94. The molecule has 0 bridgehead atoms. The van der Waals surface area contributed by atoms with E-state index in [0.29, 0.717) is 17.6 Å². The molecule has 1 saturated heterocycles. The lowest BCUT2D eigenvalue weighted by molar-refractivity contribution is 0.0414. The summed E-state index contributed by atoms with van der Waals surface area (Å²) in [6, 6.07) is 2.76. The van der Waals surface area contributed by atoms with Gasteiger partial charge in [0.05, 0.1) is 5.56 Å². The second-order valence-corrected chi connectivity index (χ2v) is 5.51. The predicted octanol–water partition coefficient (Wildman–Crippen LogP) is 1.81. The van der Waals surface area contributed by atoms with Crippen LogP contribution < -0.4 is 0 Å². The van der Waals surface area contributed by atoms with E-state index in [0.717, 1.165) is 25.1 Å². The smallest absolute Gasteiger partial charge is 0.255 e. The maximum absolute atomic E-state index is 12.5. The molecule has 19 heavy (non-hydrogen) atoms. The van der Waals surface area contributed by atoms with Crippen LogP contribution in [0.1, 0.15) is 36.7 Å². The van der Waals surface area contributed by atoms with Crippen LogP contribution in [0, 0.1) is 0 Å². The zero-order chi connectivity index (χ0) is 14.0. The number of pyridine rings is 1. The fraction of sp³-hybridized carbons (Fsp3) is 0.600. The van der Waals surface area contributed by atoms with Crippen molar-refractivity contribution in [2.24, 2.45) is 0 Å². The number of rotatable bonds is 2. The molecular weight excluding hydrogens is 238 g/mol. The molecule has 0 unspecified atom stereocenters. The number of likely N-dealkylation sites (N-methyl/N-ethyl adjacent to an activating group) is 1. The van der Waals surface area contributed by atoms with Crippen LogP contribution in [0.15, 0.2) is 18.5 Å². The number of piperazine rings is 1. The summed E-state index contributed by atoms with van der Waals surface area (Å²) in [6.45, 7) is 7.98. The van der Waals surface area contributed by atoms with Gasteiger partial charge in [0.1, 0.15) is 0 Å². The third-order valence-electron chi connectivity index (χ3n) is 4.10. The molecule has 4 heteroatoms. The van der Waals surface area contributed by atoms with E-state index < -0.39 is 0 Å². The summed E-state index contributed by atoms with van der Waals surface area (Å²) >= 11 is 0. The van der Waals surface area contributed by atoms with Crippen molar-refractivity contribution >= 4 is 5.91 Å². The Morgan fingerprint density at radius 1 is 1.32 bits per heavy atom. The molecule has 1 fully saturated rings. The predicted molar refractivity (Wildman–Crippen MR) is 76.2 cm³/mol. The first kappa shape index (κ1) is 14.0. The van der Waals surface area contributed by atoms with Crippen LogP contribution in [0.2, 0.25) is 0 Å². The largest absolute Gasteiger partial charge is 0.335 e. The second kappa shape index (κ2) is 5.70. The van der Waals surface area contributed by atoms with Crippen LogP contribution in [-0.2, 0) is 6.42 Å². The fourth-order valence-corrected chi connectivity index (χ4v) is 2.55. The highest BCUT2D eigenvalue weighted by atomic mass is 16.2. The Kier molecular flexibility index (Phi) is 4.20. The third kappa shape index (κ3) is 2.95. The van der Waals surface area contributed by atoms with Gasteiger partial charge in [0.2, 0.25) is 0 Å². The van der Waals surface area contributed by atoms with Crippen molar-refractivity contribution in [2.75, 3.05) is 20.1 Å². The highest BCUT2D eigenvalue weighted by Gasteiger charge is 2.29. The van der Waals surface area contributed by atoms with Gasteiger partial charge >= 0.3 is 0 Å². The minimum absolute atomic E-state index is 0.106. The highest BCUT2D eigenvalue weighted by Crippen LogP contribution is 2.16. The lowest BCUT2D eigenvalue weighted by Gasteiger charge is -2.42. The summed E-state index contributed by atoms with van der Waals surface area (Å²) in [5, 5.41) is 0. The zero-order valence-corrected chi connectivity index (χ0v) is 12.3. The Bertz CT molecular complexity index is 448. The van der Waals surface area contributed by atoms with Gasteiger partial charge in [0.15, 0.2) is 0 Å². The number of nitrogens with zero attached hydrogens (tertiary/aromatic N) is 3. The molecule has 0 radical (unpaired) electrons. The topological polar surface area (TPSA) is 36.4 Å². The van der Waals surface area contributed by atoms with E-state index in [4.69, 9.17) is 0 Å². The first-order chi connectivity index (χ1) is 9.02.